The molecule has 21 heavy (non-hydrogen) atoms. The summed E-state index contributed by atoms with van der Waals surface area (Å²) in [5, 5.41) is 0. The van der Waals surface area contributed by atoms with Crippen molar-refractivity contribution in [2.75, 3.05) is 0 Å². The Kier molecular flexibility index (Phi) is 1.90. The van der Waals surface area contributed by atoms with E-state index in [4.69, 9.17) is 15.1 Å². The summed E-state index contributed by atoms with van der Waals surface area (Å²) in [6.07, 6.45) is 1.32. The number of benzene rings is 1. The molecule has 0 bridgehead atoms. The van der Waals surface area contributed by atoms with Gasteiger partial charge >= 0.3 is 0 Å². The summed E-state index contributed by atoms with van der Waals surface area (Å²) in [6.45, 7) is -3.70. The minimum absolute atomic E-state index is 0.123. The molecule has 1 heterocycles. The van der Waals surface area contributed by atoms with Crippen LogP contribution in [0.3, 0.4) is 0 Å². The van der Waals surface area contributed by atoms with Gasteiger partial charge in [-0.2, -0.15) is 0 Å². The maximum atomic E-state index is 8.50. The standard InChI is InChI=1S/C20H28N/c1-13(2)17-8-9-18(15(5)10-17)20-11-19(14(3)4)16(6)12-21(20)7/h8-14H,1-7H3/q+1/i1D3,3D3,6D3,13D,14D. The fraction of sp³-hybridized carbons (Fsp3) is 0.450. The van der Waals surface area contributed by atoms with Crippen molar-refractivity contribution in [1.29, 1.82) is 0 Å². The molecule has 112 valence electrons. The molecule has 0 aliphatic heterocycles. The molecule has 0 aliphatic rings. The van der Waals surface area contributed by atoms with Gasteiger partial charge in [-0.15, -0.1) is 0 Å². The van der Waals surface area contributed by atoms with Crippen LogP contribution in [0.2, 0.25) is 0 Å². The zero-order chi connectivity index (χ0) is 25.1. The molecule has 1 heteroatoms. The average molecular weight is 294 g/mol. The van der Waals surface area contributed by atoms with Crippen LogP contribution in [-0.4, -0.2) is 0 Å². The molecule has 1 aromatic heterocycles. The quantitative estimate of drug-likeness (QED) is 0.698. The van der Waals surface area contributed by atoms with Gasteiger partial charge in [0.05, 0.1) is 0 Å². The second-order valence-corrected chi connectivity index (χ2v) is 5.38. The smallest absolute Gasteiger partial charge is 0.201 e. The lowest BCUT2D eigenvalue weighted by atomic mass is 9.93. The summed E-state index contributed by atoms with van der Waals surface area (Å²) in [5.41, 5.74) is 1.68. The normalized spacial score (nSPS) is 26.6. The van der Waals surface area contributed by atoms with Gasteiger partial charge in [0.25, 0.3) is 0 Å². The first-order chi connectivity index (χ1) is 14.1. The molecule has 0 spiro atoms. The van der Waals surface area contributed by atoms with Gasteiger partial charge in [0, 0.05) is 32.3 Å². The summed E-state index contributed by atoms with van der Waals surface area (Å²) < 4.78 is 88.2. The minimum Gasteiger partial charge on any atom is -0.201 e. The summed E-state index contributed by atoms with van der Waals surface area (Å²) in [5.74, 6) is -4.00. The lowest BCUT2D eigenvalue weighted by molar-refractivity contribution is -0.660. The van der Waals surface area contributed by atoms with Crippen molar-refractivity contribution < 1.29 is 19.6 Å². The summed E-state index contributed by atoms with van der Waals surface area (Å²) in [4.78, 5) is 0. The second-order valence-electron chi connectivity index (χ2n) is 5.38. The van der Waals surface area contributed by atoms with E-state index >= 15 is 0 Å². The molecule has 0 fully saturated rings. The Labute approximate surface area is 145 Å². The zero-order valence-corrected chi connectivity index (χ0v) is 12.8. The van der Waals surface area contributed by atoms with Crippen molar-refractivity contribution in [3.8, 4) is 11.3 Å². The fourth-order valence-electron chi connectivity index (χ4n) is 2.41. The number of rotatable bonds is 3. The van der Waals surface area contributed by atoms with Crippen molar-refractivity contribution >= 4 is 0 Å². The number of aryl methyl sites for hydroxylation is 3. The predicted molar refractivity (Wildman–Crippen MR) is 90.7 cm³/mol. The van der Waals surface area contributed by atoms with E-state index in [0.29, 0.717) is 22.4 Å². The van der Waals surface area contributed by atoms with Crippen LogP contribution in [-0.2, 0) is 7.05 Å². The lowest BCUT2D eigenvalue weighted by Crippen LogP contribution is -2.32. The average Bonchev–Trinajstić information content (AvgIpc) is 2.58. The Bertz CT molecular complexity index is 1010. The van der Waals surface area contributed by atoms with Crippen LogP contribution in [0.5, 0.6) is 0 Å². The third kappa shape index (κ3) is 3.18. The number of aromatic nitrogens is 1. The van der Waals surface area contributed by atoms with E-state index < -0.39 is 32.3 Å². The lowest BCUT2D eigenvalue weighted by Gasteiger charge is -2.13. The highest BCUT2D eigenvalue weighted by Crippen LogP contribution is 2.27. The summed E-state index contributed by atoms with van der Waals surface area (Å²) in [6, 6.07) is 6.17. The van der Waals surface area contributed by atoms with Crippen LogP contribution in [0, 0.1) is 13.8 Å². The van der Waals surface area contributed by atoms with E-state index in [1.165, 1.54) is 32.2 Å². The molecule has 2 atom stereocenters. The molecule has 0 saturated heterocycles. The fourth-order valence-corrected chi connectivity index (χ4v) is 2.41. The van der Waals surface area contributed by atoms with Gasteiger partial charge < -0.3 is 0 Å². The van der Waals surface area contributed by atoms with Crippen molar-refractivity contribution in [2.45, 2.75) is 53.1 Å². The van der Waals surface area contributed by atoms with Gasteiger partial charge in [0.15, 0.2) is 6.20 Å². The van der Waals surface area contributed by atoms with Crippen molar-refractivity contribution in [3.63, 3.8) is 0 Å². The first kappa shape index (κ1) is 6.64. The molecule has 1 aromatic carbocycles. The van der Waals surface area contributed by atoms with E-state index in [1.807, 2.05) is 0 Å². The van der Waals surface area contributed by atoms with Gasteiger partial charge in [0.1, 0.15) is 7.05 Å². The van der Waals surface area contributed by atoms with Gasteiger partial charge in [-0.25, -0.2) is 4.57 Å². The van der Waals surface area contributed by atoms with Gasteiger partial charge in [-0.1, -0.05) is 39.7 Å². The highest BCUT2D eigenvalue weighted by atomic mass is 14.9. The largest absolute Gasteiger partial charge is 0.212 e. The molecule has 2 unspecified atom stereocenters. The van der Waals surface area contributed by atoms with Crippen molar-refractivity contribution in [1.82, 2.24) is 0 Å². The third-order valence-electron chi connectivity index (χ3n) is 3.61. The highest BCUT2D eigenvalue weighted by molar-refractivity contribution is 5.62. The van der Waals surface area contributed by atoms with Crippen LogP contribution < -0.4 is 4.57 Å². The topological polar surface area (TPSA) is 3.88 Å². The Hall–Kier alpha value is -1.63. The molecule has 0 radical (unpaired) electrons. The first-order valence-corrected chi connectivity index (χ1v) is 6.78. The van der Waals surface area contributed by atoms with Gasteiger partial charge in [0.2, 0.25) is 5.69 Å². The maximum absolute atomic E-state index is 8.50. The Morgan fingerprint density at radius 3 is 2.48 bits per heavy atom. The van der Waals surface area contributed by atoms with Gasteiger partial charge in [-0.3, -0.25) is 0 Å². The van der Waals surface area contributed by atoms with Crippen LogP contribution >= 0.6 is 0 Å². The van der Waals surface area contributed by atoms with E-state index in [-0.39, 0.29) is 11.1 Å². The maximum Gasteiger partial charge on any atom is 0.212 e. The molecular weight excluding hydrogens is 254 g/mol. The molecular formula is C20H28N+. The third-order valence-corrected chi connectivity index (χ3v) is 3.61. The van der Waals surface area contributed by atoms with Crippen molar-refractivity contribution in [2.24, 2.45) is 7.05 Å². The number of hydrogen-bond acceptors (Lipinski definition) is 0. The molecule has 0 amide bonds. The van der Waals surface area contributed by atoms with E-state index in [1.54, 1.807) is 30.7 Å². The van der Waals surface area contributed by atoms with Crippen LogP contribution in [0.1, 0.15) is 76.7 Å². The molecule has 0 saturated carbocycles. The van der Waals surface area contributed by atoms with Gasteiger partial charge in [-0.05, 0) is 48.3 Å². The van der Waals surface area contributed by atoms with E-state index in [9.17, 15) is 0 Å². The van der Waals surface area contributed by atoms with E-state index in [2.05, 4.69) is 0 Å². The van der Waals surface area contributed by atoms with Crippen LogP contribution in [0.25, 0.3) is 11.3 Å². The second kappa shape index (κ2) is 6.01. The Morgan fingerprint density at radius 2 is 1.86 bits per heavy atom. The Balaban J connectivity index is 2.79. The molecule has 2 rings (SSSR count). The number of hydrogen-bond donors (Lipinski definition) is 0. The molecule has 0 N–H and O–H groups in total. The SMILES string of the molecule is [2H]C([2H])([2H])c1c[n+](C)c(-c2ccc(C([2H])(C)C([2H])([2H])[2H])cc2C)cc1C([2H])(C)C([2H])([2H])[2H]. The number of pyridine rings is 1. The molecule has 1 nitrogen and oxygen atoms in total. The Morgan fingerprint density at radius 1 is 1.10 bits per heavy atom. The summed E-state index contributed by atoms with van der Waals surface area (Å²) in [7, 11) is 1.62. The minimum atomic E-state index is -2.77. The van der Waals surface area contributed by atoms with E-state index in [0.717, 1.165) is 0 Å². The monoisotopic (exact) mass is 293 g/mol. The number of nitrogens with zero attached hydrogens (tertiary/aromatic N) is 1. The molecule has 2 aromatic rings. The van der Waals surface area contributed by atoms with Crippen LogP contribution in [0.15, 0.2) is 30.5 Å². The van der Waals surface area contributed by atoms with Crippen LogP contribution in [0.4, 0.5) is 0 Å². The highest BCUT2D eigenvalue weighted by Gasteiger charge is 2.17. The van der Waals surface area contributed by atoms with Crippen molar-refractivity contribution in [3.05, 3.63) is 52.7 Å². The zero-order valence-electron chi connectivity index (χ0n) is 23.8. The predicted octanol–water partition coefficient (Wildman–Crippen LogP) is 5.04. The summed E-state index contributed by atoms with van der Waals surface area (Å²) >= 11 is 0. The molecule has 0 aliphatic carbocycles. The first-order valence-electron chi connectivity index (χ1n) is 12.3.